The zero-order valence-corrected chi connectivity index (χ0v) is 17.5. The van der Waals surface area contributed by atoms with Crippen LogP contribution in [0.5, 0.6) is 0 Å². The van der Waals surface area contributed by atoms with Gasteiger partial charge in [-0.05, 0) is 30.8 Å². The molecule has 0 saturated heterocycles. The summed E-state index contributed by atoms with van der Waals surface area (Å²) in [5.74, 6) is 0. The van der Waals surface area contributed by atoms with Gasteiger partial charge in [0.05, 0.1) is 16.9 Å². The average molecular weight is 399 g/mol. The first kappa shape index (κ1) is 19.8. The third-order valence-corrected chi connectivity index (χ3v) is 5.06. The highest BCUT2D eigenvalue weighted by Crippen LogP contribution is 2.28. The van der Waals surface area contributed by atoms with E-state index < -0.39 is 5.60 Å². The van der Waals surface area contributed by atoms with E-state index in [2.05, 4.69) is 39.5 Å². The highest BCUT2D eigenvalue weighted by molar-refractivity contribution is 7.28. The number of hydrogen-bond acceptors (Lipinski definition) is 3. The second-order valence-electron chi connectivity index (χ2n) is 7.05. The molecule has 0 fully saturated rings. The monoisotopic (exact) mass is 398 g/mol. The average Bonchev–Trinajstić information content (AvgIpc) is 2.61. The Hall–Kier alpha value is -1.93. The lowest BCUT2D eigenvalue weighted by Gasteiger charge is -2.30. The molecule has 1 heterocycles. The van der Waals surface area contributed by atoms with Crippen LogP contribution in [0.2, 0.25) is 0 Å². The molecular formula is C22H24ClN2OP. The lowest BCUT2D eigenvalue weighted by molar-refractivity contribution is 0.00629. The van der Waals surface area contributed by atoms with Gasteiger partial charge in [0.25, 0.3) is 0 Å². The van der Waals surface area contributed by atoms with E-state index in [1.165, 1.54) is 5.56 Å². The summed E-state index contributed by atoms with van der Waals surface area (Å²) in [5, 5.41) is 2.71. The number of hydrogen-bond donors (Lipinski definition) is 1. The Morgan fingerprint density at radius 1 is 1.22 bits per heavy atom. The van der Waals surface area contributed by atoms with E-state index in [1.807, 2.05) is 50.2 Å². The quantitative estimate of drug-likeness (QED) is 0.419. The number of halogens is 1. The van der Waals surface area contributed by atoms with E-state index in [1.54, 1.807) is 0 Å². The molecule has 5 heteroatoms. The van der Waals surface area contributed by atoms with Crippen molar-refractivity contribution in [1.29, 1.82) is 0 Å². The Morgan fingerprint density at radius 3 is 2.67 bits per heavy atom. The maximum atomic E-state index is 6.15. The first-order valence-electron chi connectivity index (χ1n) is 8.83. The van der Waals surface area contributed by atoms with Crippen molar-refractivity contribution in [2.24, 2.45) is 0 Å². The number of nitrogens with zero attached hydrogens (tertiary/aromatic N) is 1. The first-order chi connectivity index (χ1) is 12.9. The molecule has 3 aromatic rings. The van der Waals surface area contributed by atoms with Crippen LogP contribution in [0.15, 0.2) is 66.2 Å². The summed E-state index contributed by atoms with van der Waals surface area (Å²) in [4.78, 5) is 10.9. The van der Waals surface area contributed by atoms with Crippen LogP contribution in [0.25, 0.3) is 10.9 Å². The van der Waals surface area contributed by atoms with Gasteiger partial charge >= 0.3 is 0 Å². The molecule has 27 heavy (non-hydrogen) atoms. The molecule has 1 unspecified atom stereocenters. The molecule has 3 rings (SSSR count). The van der Waals surface area contributed by atoms with Crippen LogP contribution in [-0.2, 0) is 11.3 Å². The molecule has 0 amide bonds. The smallest absolute Gasteiger partial charge is 0.102 e. The van der Waals surface area contributed by atoms with Crippen LogP contribution < -0.4 is 10.8 Å². The zero-order valence-electron chi connectivity index (χ0n) is 15.6. The predicted octanol–water partition coefficient (Wildman–Crippen LogP) is 5.53. The molecule has 0 aliphatic heterocycles. The van der Waals surface area contributed by atoms with E-state index in [-0.39, 0.29) is 0 Å². The summed E-state index contributed by atoms with van der Waals surface area (Å²) in [6.07, 6.45) is 1.24. The second kappa shape index (κ2) is 8.39. The topological polar surface area (TPSA) is 34.1 Å². The zero-order chi connectivity index (χ0) is 19.4. The van der Waals surface area contributed by atoms with Crippen molar-refractivity contribution in [2.75, 3.05) is 5.48 Å². The van der Waals surface area contributed by atoms with Crippen molar-refractivity contribution in [2.45, 2.75) is 32.3 Å². The summed E-state index contributed by atoms with van der Waals surface area (Å²) < 4.78 is 0. The molecule has 2 atom stereocenters. The molecule has 0 spiro atoms. The van der Waals surface area contributed by atoms with E-state index in [0.717, 1.165) is 27.6 Å². The molecule has 0 saturated carbocycles. The second-order valence-corrected chi connectivity index (χ2v) is 8.21. The molecule has 140 valence electrons. The molecule has 3 nitrogen and oxygen atoms in total. The van der Waals surface area contributed by atoms with Crippen LogP contribution in [0.3, 0.4) is 0 Å². The molecule has 0 aliphatic carbocycles. The highest BCUT2D eigenvalue weighted by Gasteiger charge is 2.27. The number of fused-ring (bicyclic) bond motifs is 1. The van der Waals surface area contributed by atoms with Gasteiger partial charge in [0.15, 0.2) is 0 Å². The normalized spacial score (nSPS) is 13.3. The highest BCUT2D eigenvalue weighted by atomic mass is 35.5. The lowest BCUT2D eigenvalue weighted by Crippen LogP contribution is -2.34. The Kier molecular flexibility index (Phi) is 6.16. The van der Waals surface area contributed by atoms with Crippen molar-refractivity contribution in [3.63, 3.8) is 0 Å². The maximum Gasteiger partial charge on any atom is 0.102 e. The molecule has 1 N–H and O–H groups in total. The standard InChI is InChI=1S/C22H24ClN2OP/c1-15(23)13-22(3,14-17-8-5-4-6-9-17)26-25-19-12-18-10-7-11-20(27)21(18)24-16(19)2/h4-12,25H,1,13-14,27H2,2-3H3/t22-/m1/s1. The summed E-state index contributed by atoms with van der Waals surface area (Å²) in [5.41, 5.74) is 6.47. The van der Waals surface area contributed by atoms with Gasteiger partial charge in [-0.2, -0.15) is 0 Å². The Labute approximate surface area is 168 Å². The minimum absolute atomic E-state index is 0.534. The van der Waals surface area contributed by atoms with Gasteiger partial charge < -0.3 is 0 Å². The van der Waals surface area contributed by atoms with Crippen molar-refractivity contribution in [3.05, 3.63) is 77.5 Å². The minimum Gasteiger partial charge on any atom is -0.269 e. The molecule has 0 aliphatic rings. The van der Waals surface area contributed by atoms with E-state index in [0.29, 0.717) is 17.9 Å². The van der Waals surface area contributed by atoms with E-state index in [9.17, 15) is 0 Å². The Balaban J connectivity index is 1.83. The molecular weight excluding hydrogens is 375 g/mol. The SMILES string of the molecule is C=C(Cl)C[C@](C)(Cc1ccccc1)ONc1cc2cccc(P)c2nc1C. The molecule has 0 radical (unpaired) electrons. The van der Waals surface area contributed by atoms with E-state index in [4.69, 9.17) is 21.4 Å². The fraction of sp³-hybridized carbons (Fsp3) is 0.227. The number of benzene rings is 2. The number of para-hydroxylation sites is 1. The summed E-state index contributed by atoms with van der Waals surface area (Å²) >= 11 is 6.12. The van der Waals surface area contributed by atoms with Crippen LogP contribution in [-0.4, -0.2) is 10.6 Å². The van der Waals surface area contributed by atoms with Gasteiger partial charge in [-0.15, -0.1) is 9.24 Å². The van der Waals surface area contributed by atoms with Crippen LogP contribution in [0, 0.1) is 6.92 Å². The molecule has 1 aromatic heterocycles. The first-order valence-corrected chi connectivity index (χ1v) is 9.79. The summed E-state index contributed by atoms with van der Waals surface area (Å²) in [6.45, 7) is 7.85. The van der Waals surface area contributed by atoms with Crippen LogP contribution in [0.4, 0.5) is 5.69 Å². The van der Waals surface area contributed by atoms with Crippen molar-refractivity contribution in [1.82, 2.24) is 4.98 Å². The number of pyridine rings is 1. The lowest BCUT2D eigenvalue weighted by atomic mass is 9.93. The van der Waals surface area contributed by atoms with E-state index >= 15 is 0 Å². The Bertz CT molecular complexity index is 961. The summed E-state index contributed by atoms with van der Waals surface area (Å²) in [7, 11) is 2.73. The number of rotatable bonds is 7. The third-order valence-electron chi connectivity index (χ3n) is 4.46. The number of anilines is 1. The minimum atomic E-state index is -0.538. The largest absolute Gasteiger partial charge is 0.269 e. The predicted molar refractivity (Wildman–Crippen MR) is 119 cm³/mol. The van der Waals surface area contributed by atoms with Gasteiger partial charge in [0.1, 0.15) is 5.60 Å². The number of aromatic nitrogens is 1. The summed E-state index contributed by atoms with van der Waals surface area (Å²) in [6, 6.07) is 18.4. The maximum absolute atomic E-state index is 6.15. The molecule has 0 bridgehead atoms. The Morgan fingerprint density at radius 2 is 1.96 bits per heavy atom. The fourth-order valence-electron chi connectivity index (χ4n) is 3.16. The third kappa shape index (κ3) is 5.07. The van der Waals surface area contributed by atoms with Crippen LogP contribution >= 0.6 is 20.8 Å². The number of aryl methyl sites for hydroxylation is 1. The fourth-order valence-corrected chi connectivity index (χ4v) is 3.79. The van der Waals surface area contributed by atoms with Gasteiger partial charge in [-0.3, -0.25) is 15.3 Å². The molecule has 2 aromatic carbocycles. The van der Waals surface area contributed by atoms with Crippen molar-refractivity contribution >= 4 is 42.7 Å². The van der Waals surface area contributed by atoms with Crippen LogP contribution in [0.1, 0.15) is 24.6 Å². The van der Waals surface area contributed by atoms with Gasteiger partial charge in [-0.25, -0.2) is 0 Å². The van der Waals surface area contributed by atoms with Gasteiger partial charge in [-0.1, -0.05) is 66.7 Å². The van der Waals surface area contributed by atoms with Gasteiger partial charge in [0.2, 0.25) is 0 Å². The van der Waals surface area contributed by atoms with Gasteiger partial charge in [0, 0.05) is 23.3 Å². The van der Waals surface area contributed by atoms with Crippen molar-refractivity contribution < 1.29 is 4.84 Å². The number of nitrogens with one attached hydrogen (secondary N) is 1. The van der Waals surface area contributed by atoms with Crippen molar-refractivity contribution in [3.8, 4) is 0 Å².